The molecular weight excluding hydrogens is 182 g/mol. The highest BCUT2D eigenvalue weighted by molar-refractivity contribution is 5.79. The van der Waals surface area contributed by atoms with Gasteiger partial charge in [0.1, 0.15) is 5.84 Å². The van der Waals surface area contributed by atoms with Crippen LogP contribution in [0.1, 0.15) is 6.42 Å². The number of rotatable bonds is 4. The average Bonchev–Trinajstić information content (AvgIpc) is 2.26. The van der Waals surface area contributed by atoms with Crippen LogP contribution < -0.4 is 11.2 Å². The Labute approximate surface area is 84.3 Å². The quantitative estimate of drug-likeness (QED) is 0.232. The lowest BCUT2D eigenvalue weighted by Crippen LogP contribution is -2.51. The van der Waals surface area contributed by atoms with Gasteiger partial charge in [-0.2, -0.15) is 0 Å². The van der Waals surface area contributed by atoms with E-state index in [0.717, 1.165) is 32.7 Å². The molecule has 0 aromatic heterocycles. The SMILES string of the molecule is CNN1CCN(CCC(N)=NO)CC1. The first kappa shape index (κ1) is 11.2. The molecule has 0 bridgehead atoms. The molecule has 0 amide bonds. The molecule has 0 spiro atoms. The van der Waals surface area contributed by atoms with Crippen LogP contribution in [0.3, 0.4) is 0 Å². The van der Waals surface area contributed by atoms with Crippen molar-refractivity contribution in [3.8, 4) is 0 Å². The Morgan fingerprint density at radius 3 is 2.57 bits per heavy atom. The van der Waals surface area contributed by atoms with Gasteiger partial charge in [0.15, 0.2) is 0 Å². The minimum absolute atomic E-state index is 0.307. The summed E-state index contributed by atoms with van der Waals surface area (Å²) in [7, 11) is 1.94. The van der Waals surface area contributed by atoms with E-state index in [0.29, 0.717) is 12.3 Å². The van der Waals surface area contributed by atoms with Crippen molar-refractivity contribution >= 4 is 5.84 Å². The Balaban J connectivity index is 2.16. The summed E-state index contributed by atoms with van der Waals surface area (Å²) >= 11 is 0. The summed E-state index contributed by atoms with van der Waals surface area (Å²) < 4.78 is 0. The van der Waals surface area contributed by atoms with Crippen LogP contribution in [0.25, 0.3) is 0 Å². The van der Waals surface area contributed by atoms with E-state index >= 15 is 0 Å². The number of hydrogen-bond donors (Lipinski definition) is 3. The molecule has 1 heterocycles. The Bertz CT molecular complexity index is 188. The minimum Gasteiger partial charge on any atom is -0.409 e. The zero-order valence-corrected chi connectivity index (χ0v) is 8.61. The summed E-state index contributed by atoms with van der Waals surface area (Å²) in [5.41, 5.74) is 8.51. The monoisotopic (exact) mass is 201 g/mol. The second-order valence-electron chi connectivity index (χ2n) is 3.39. The molecule has 1 saturated heterocycles. The van der Waals surface area contributed by atoms with Crippen LogP contribution in [0.2, 0.25) is 0 Å². The van der Waals surface area contributed by atoms with Gasteiger partial charge in [0.05, 0.1) is 0 Å². The fourth-order valence-corrected chi connectivity index (χ4v) is 1.52. The third-order valence-electron chi connectivity index (χ3n) is 2.50. The number of nitrogens with zero attached hydrogens (tertiary/aromatic N) is 3. The first-order valence-electron chi connectivity index (χ1n) is 4.87. The third-order valence-corrected chi connectivity index (χ3v) is 2.50. The summed E-state index contributed by atoms with van der Waals surface area (Å²) in [5, 5.41) is 13.5. The minimum atomic E-state index is 0.307. The predicted molar refractivity (Wildman–Crippen MR) is 55.1 cm³/mol. The van der Waals surface area contributed by atoms with E-state index in [2.05, 4.69) is 20.5 Å². The summed E-state index contributed by atoms with van der Waals surface area (Å²) in [6, 6.07) is 0. The fourth-order valence-electron chi connectivity index (χ4n) is 1.52. The van der Waals surface area contributed by atoms with Gasteiger partial charge in [0, 0.05) is 39.1 Å². The van der Waals surface area contributed by atoms with Gasteiger partial charge in [0.2, 0.25) is 0 Å². The molecule has 14 heavy (non-hydrogen) atoms. The van der Waals surface area contributed by atoms with E-state index in [9.17, 15) is 0 Å². The van der Waals surface area contributed by atoms with Crippen LogP contribution in [0, 0.1) is 0 Å². The Hall–Kier alpha value is -0.850. The highest BCUT2D eigenvalue weighted by Gasteiger charge is 2.15. The second-order valence-corrected chi connectivity index (χ2v) is 3.39. The number of amidine groups is 1. The molecule has 82 valence electrons. The molecule has 1 fully saturated rings. The Morgan fingerprint density at radius 1 is 1.43 bits per heavy atom. The summed E-state index contributed by atoms with van der Waals surface area (Å²) in [4.78, 5) is 2.31. The zero-order valence-electron chi connectivity index (χ0n) is 8.61. The van der Waals surface area contributed by atoms with Gasteiger partial charge >= 0.3 is 0 Å². The lowest BCUT2D eigenvalue weighted by Gasteiger charge is -2.33. The fraction of sp³-hybridized carbons (Fsp3) is 0.875. The normalized spacial score (nSPS) is 21.4. The van der Waals surface area contributed by atoms with Crippen LogP contribution in [0.15, 0.2) is 5.16 Å². The van der Waals surface area contributed by atoms with Gasteiger partial charge in [-0.3, -0.25) is 5.43 Å². The molecule has 0 atom stereocenters. The largest absolute Gasteiger partial charge is 0.409 e. The van der Waals surface area contributed by atoms with E-state index in [1.54, 1.807) is 0 Å². The van der Waals surface area contributed by atoms with Crippen LogP contribution in [0.5, 0.6) is 0 Å². The third kappa shape index (κ3) is 3.49. The van der Waals surface area contributed by atoms with Crippen molar-refractivity contribution in [2.75, 3.05) is 39.8 Å². The first-order chi connectivity index (χ1) is 6.76. The van der Waals surface area contributed by atoms with Gasteiger partial charge in [-0.05, 0) is 7.05 Å². The number of piperazine rings is 1. The molecule has 0 unspecified atom stereocenters. The van der Waals surface area contributed by atoms with Crippen molar-refractivity contribution in [3.05, 3.63) is 0 Å². The standard InChI is InChI=1S/C8H19N5O/c1-10-13-6-4-12(5-7-13)3-2-8(9)11-14/h10,14H,2-7H2,1H3,(H2,9,11). The molecule has 0 saturated carbocycles. The van der Waals surface area contributed by atoms with E-state index in [1.807, 2.05) is 7.05 Å². The Kier molecular flexibility index (Phi) is 4.64. The maximum absolute atomic E-state index is 8.37. The lowest BCUT2D eigenvalue weighted by atomic mass is 10.3. The molecular formula is C8H19N5O. The van der Waals surface area contributed by atoms with E-state index in [4.69, 9.17) is 10.9 Å². The van der Waals surface area contributed by atoms with Crippen LogP contribution in [-0.2, 0) is 0 Å². The highest BCUT2D eigenvalue weighted by atomic mass is 16.4. The van der Waals surface area contributed by atoms with E-state index in [1.165, 1.54) is 0 Å². The number of nitrogens with two attached hydrogens (primary N) is 1. The lowest BCUT2D eigenvalue weighted by molar-refractivity contribution is 0.101. The molecule has 0 aromatic rings. The molecule has 1 rings (SSSR count). The number of hydrazine groups is 1. The van der Waals surface area contributed by atoms with Crippen molar-refractivity contribution in [1.82, 2.24) is 15.3 Å². The van der Waals surface area contributed by atoms with Crippen molar-refractivity contribution in [2.24, 2.45) is 10.9 Å². The summed E-state index contributed by atoms with van der Waals surface area (Å²) in [5.74, 6) is 0.307. The zero-order chi connectivity index (χ0) is 10.4. The van der Waals surface area contributed by atoms with Crippen LogP contribution >= 0.6 is 0 Å². The summed E-state index contributed by atoms with van der Waals surface area (Å²) in [6.07, 6.45) is 0.635. The van der Waals surface area contributed by atoms with Gasteiger partial charge < -0.3 is 15.8 Å². The number of nitrogens with one attached hydrogen (secondary N) is 1. The van der Waals surface area contributed by atoms with E-state index < -0.39 is 0 Å². The molecule has 1 aliphatic heterocycles. The van der Waals surface area contributed by atoms with Crippen molar-refractivity contribution in [1.29, 1.82) is 0 Å². The molecule has 6 nitrogen and oxygen atoms in total. The molecule has 0 aliphatic carbocycles. The molecule has 0 aromatic carbocycles. The molecule has 6 heteroatoms. The van der Waals surface area contributed by atoms with E-state index in [-0.39, 0.29) is 0 Å². The maximum atomic E-state index is 8.37. The van der Waals surface area contributed by atoms with Crippen molar-refractivity contribution in [3.63, 3.8) is 0 Å². The van der Waals surface area contributed by atoms with Crippen molar-refractivity contribution in [2.45, 2.75) is 6.42 Å². The maximum Gasteiger partial charge on any atom is 0.140 e. The first-order valence-corrected chi connectivity index (χ1v) is 4.87. The molecule has 1 aliphatic rings. The molecule has 0 radical (unpaired) electrons. The van der Waals surface area contributed by atoms with Gasteiger partial charge in [-0.15, -0.1) is 0 Å². The van der Waals surface area contributed by atoms with Crippen molar-refractivity contribution < 1.29 is 5.21 Å². The van der Waals surface area contributed by atoms with Crippen LogP contribution in [-0.4, -0.2) is 60.7 Å². The van der Waals surface area contributed by atoms with Crippen LogP contribution in [0.4, 0.5) is 0 Å². The predicted octanol–water partition coefficient (Wildman–Crippen LogP) is -1.13. The van der Waals surface area contributed by atoms with Gasteiger partial charge in [0.25, 0.3) is 0 Å². The Morgan fingerprint density at radius 2 is 2.07 bits per heavy atom. The number of hydrogen-bond acceptors (Lipinski definition) is 5. The van der Waals surface area contributed by atoms with Gasteiger partial charge in [-0.1, -0.05) is 5.16 Å². The average molecular weight is 201 g/mol. The summed E-state index contributed by atoms with van der Waals surface area (Å²) in [6.45, 7) is 4.96. The number of oxime groups is 1. The van der Waals surface area contributed by atoms with Gasteiger partial charge in [-0.25, -0.2) is 5.01 Å². The smallest absolute Gasteiger partial charge is 0.140 e. The second kappa shape index (κ2) is 5.79. The molecule has 4 N–H and O–H groups in total. The highest BCUT2D eigenvalue weighted by Crippen LogP contribution is 1.99. The topological polar surface area (TPSA) is 77.1 Å².